The van der Waals surface area contributed by atoms with Crippen LogP contribution in [0.3, 0.4) is 0 Å². The summed E-state index contributed by atoms with van der Waals surface area (Å²) in [5.74, 6) is 0.120. The van der Waals surface area contributed by atoms with E-state index in [1.807, 2.05) is 6.07 Å². The molecule has 19 heavy (non-hydrogen) atoms. The lowest BCUT2D eigenvalue weighted by molar-refractivity contribution is -0.384. The minimum absolute atomic E-state index is 0.0309. The maximum Gasteiger partial charge on any atom is 0.278 e. The predicted molar refractivity (Wildman–Crippen MR) is 71.1 cm³/mol. The van der Waals surface area contributed by atoms with Crippen LogP contribution >= 0.6 is 11.6 Å². The smallest absolute Gasteiger partial charge is 0.278 e. The topological polar surface area (TPSA) is 91.3 Å². The third-order valence-electron chi connectivity index (χ3n) is 2.35. The van der Waals surface area contributed by atoms with Gasteiger partial charge in [-0.05, 0) is 6.07 Å². The van der Waals surface area contributed by atoms with Crippen molar-refractivity contribution in [3.8, 4) is 5.88 Å². The lowest BCUT2D eigenvalue weighted by Gasteiger charge is -2.07. The van der Waals surface area contributed by atoms with E-state index in [0.29, 0.717) is 5.02 Å². The molecule has 0 aliphatic carbocycles. The molecule has 0 atom stereocenters. The molecule has 1 aromatic carbocycles. The average molecular weight is 280 g/mol. The molecule has 1 aromatic heterocycles. The van der Waals surface area contributed by atoms with Gasteiger partial charge >= 0.3 is 0 Å². The number of benzene rings is 1. The summed E-state index contributed by atoms with van der Waals surface area (Å²) in [6, 6.07) is 9.53. The maximum absolute atomic E-state index is 10.7. The van der Waals surface area contributed by atoms with E-state index in [-0.39, 0.29) is 24.0 Å². The van der Waals surface area contributed by atoms with Crippen LogP contribution in [-0.2, 0) is 6.61 Å². The molecule has 98 valence electrons. The van der Waals surface area contributed by atoms with Gasteiger partial charge in [-0.2, -0.15) is 4.98 Å². The highest BCUT2D eigenvalue weighted by molar-refractivity contribution is 6.31. The van der Waals surface area contributed by atoms with E-state index < -0.39 is 4.92 Å². The molecule has 0 spiro atoms. The van der Waals surface area contributed by atoms with Gasteiger partial charge in [0, 0.05) is 10.6 Å². The summed E-state index contributed by atoms with van der Waals surface area (Å²) in [4.78, 5) is 14.0. The van der Waals surface area contributed by atoms with Crippen LogP contribution in [0, 0.1) is 10.1 Å². The van der Waals surface area contributed by atoms with Crippen molar-refractivity contribution < 1.29 is 9.66 Å². The lowest BCUT2D eigenvalue weighted by atomic mass is 10.2. The van der Waals surface area contributed by atoms with Gasteiger partial charge in [0.15, 0.2) is 0 Å². The second-order valence-electron chi connectivity index (χ2n) is 3.73. The van der Waals surface area contributed by atoms with Crippen molar-refractivity contribution in [2.24, 2.45) is 0 Å². The van der Waals surface area contributed by atoms with E-state index in [9.17, 15) is 10.1 Å². The number of hydrogen-bond donors (Lipinski definition) is 1. The van der Waals surface area contributed by atoms with Gasteiger partial charge in [0.25, 0.3) is 5.69 Å². The van der Waals surface area contributed by atoms with Gasteiger partial charge in [-0.3, -0.25) is 10.1 Å². The highest BCUT2D eigenvalue weighted by Gasteiger charge is 2.11. The zero-order valence-corrected chi connectivity index (χ0v) is 10.5. The fourth-order valence-corrected chi connectivity index (χ4v) is 1.65. The van der Waals surface area contributed by atoms with E-state index in [1.165, 1.54) is 12.1 Å². The summed E-state index contributed by atoms with van der Waals surface area (Å²) in [7, 11) is 0. The molecule has 0 saturated heterocycles. The van der Waals surface area contributed by atoms with E-state index in [4.69, 9.17) is 22.1 Å². The summed E-state index contributed by atoms with van der Waals surface area (Å²) in [5.41, 5.74) is 6.07. The molecule has 1 heterocycles. The number of anilines is 1. The fraction of sp³-hybridized carbons (Fsp3) is 0.0833. The highest BCUT2D eigenvalue weighted by Crippen LogP contribution is 2.22. The number of nitrogens with zero attached hydrogens (tertiary/aromatic N) is 2. The molecule has 0 unspecified atom stereocenters. The number of aromatic nitrogens is 1. The quantitative estimate of drug-likeness (QED) is 0.686. The van der Waals surface area contributed by atoms with Crippen LogP contribution < -0.4 is 10.5 Å². The maximum atomic E-state index is 10.7. The largest absolute Gasteiger partial charge is 0.473 e. The molecule has 2 rings (SSSR count). The Hall–Kier alpha value is -2.34. The molecule has 7 heteroatoms. The van der Waals surface area contributed by atoms with Crippen molar-refractivity contribution in [3.05, 3.63) is 57.1 Å². The Bertz CT molecular complexity index is 619. The fourth-order valence-electron chi connectivity index (χ4n) is 1.46. The third kappa shape index (κ3) is 3.32. The van der Waals surface area contributed by atoms with Crippen molar-refractivity contribution in [2.75, 3.05) is 5.73 Å². The highest BCUT2D eigenvalue weighted by atomic mass is 35.5. The lowest BCUT2D eigenvalue weighted by Crippen LogP contribution is -2.01. The van der Waals surface area contributed by atoms with Crippen molar-refractivity contribution in [1.29, 1.82) is 0 Å². The second kappa shape index (κ2) is 5.53. The number of halogens is 1. The second-order valence-corrected chi connectivity index (χ2v) is 4.13. The standard InChI is InChI=1S/C12H10ClN3O3/c13-10-4-2-1-3-8(10)7-19-12-6-9(16(17)18)5-11(14)15-12/h1-6H,7H2,(H2,14,15). The zero-order chi connectivity index (χ0) is 13.8. The molecular formula is C12H10ClN3O3. The first-order valence-corrected chi connectivity index (χ1v) is 5.72. The van der Waals surface area contributed by atoms with Crippen molar-refractivity contribution in [2.45, 2.75) is 6.61 Å². The molecule has 0 aliphatic heterocycles. The number of pyridine rings is 1. The van der Waals surface area contributed by atoms with Gasteiger partial charge < -0.3 is 10.5 Å². The Morgan fingerprint density at radius 3 is 2.79 bits per heavy atom. The van der Waals surface area contributed by atoms with Gasteiger partial charge in [-0.1, -0.05) is 29.8 Å². The number of hydrogen-bond acceptors (Lipinski definition) is 5. The van der Waals surface area contributed by atoms with E-state index >= 15 is 0 Å². The van der Waals surface area contributed by atoms with E-state index in [0.717, 1.165) is 5.56 Å². The molecule has 0 bridgehead atoms. The van der Waals surface area contributed by atoms with Gasteiger partial charge in [-0.15, -0.1) is 0 Å². The minimum atomic E-state index is -0.555. The summed E-state index contributed by atoms with van der Waals surface area (Å²) >= 11 is 5.97. The third-order valence-corrected chi connectivity index (χ3v) is 2.72. The van der Waals surface area contributed by atoms with Crippen LogP contribution in [0.2, 0.25) is 5.02 Å². The first-order chi connectivity index (χ1) is 9.06. The number of rotatable bonds is 4. The van der Waals surface area contributed by atoms with E-state index in [2.05, 4.69) is 4.98 Å². The molecule has 2 N–H and O–H groups in total. The van der Waals surface area contributed by atoms with Crippen LogP contribution in [-0.4, -0.2) is 9.91 Å². The van der Waals surface area contributed by atoms with E-state index in [1.54, 1.807) is 18.2 Å². The minimum Gasteiger partial charge on any atom is -0.473 e. The summed E-state index contributed by atoms with van der Waals surface area (Å²) < 4.78 is 5.36. The van der Waals surface area contributed by atoms with Crippen molar-refractivity contribution in [1.82, 2.24) is 4.98 Å². The Kier molecular flexibility index (Phi) is 3.82. The zero-order valence-electron chi connectivity index (χ0n) is 9.75. The SMILES string of the molecule is Nc1cc([N+](=O)[O-])cc(OCc2ccccc2Cl)n1. The van der Waals surface area contributed by atoms with Gasteiger partial charge in [-0.25, -0.2) is 0 Å². The Balaban J connectivity index is 2.16. The van der Waals surface area contributed by atoms with Crippen molar-refractivity contribution in [3.63, 3.8) is 0 Å². The predicted octanol–water partition coefficient (Wildman–Crippen LogP) is 2.80. The van der Waals surface area contributed by atoms with Crippen LogP contribution in [0.5, 0.6) is 5.88 Å². The summed E-state index contributed by atoms with van der Waals surface area (Å²) in [6.45, 7) is 0.160. The molecule has 0 aliphatic rings. The molecular weight excluding hydrogens is 270 g/mol. The Labute approximate surface area is 113 Å². The summed E-state index contributed by atoms with van der Waals surface area (Å²) in [6.07, 6.45) is 0. The number of ether oxygens (including phenoxy) is 1. The molecule has 0 amide bonds. The van der Waals surface area contributed by atoms with Crippen LogP contribution in [0.1, 0.15) is 5.56 Å². The Morgan fingerprint density at radius 1 is 1.37 bits per heavy atom. The van der Waals surface area contributed by atoms with Crippen LogP contribution in [0.25, 0.3) is 0 Å². The monoisotopic (exact) mass is 279 g/mol. The molecule has 0 radical (unpaired) electrons. The number of nitrogens with two attached hydrogens (primary N) is 1. The molecule has 2 aromatic rings. The average Bonchev–Trinajstić information content (AvgIpc) is 2.37. The Morgan fingerprint density at radius 2 is 2.11 bits per heavy atom. The van der Waals surface area contributed by atoms with Gasteiger partial charge in [0.1, 0.15) is 12.4 Å². The molecule has 6 nitrogen and oxygen atoms in total. The van der Waals surface area contributed by atoms with Gasteiger partial charge in [0.05, 0.1) is 17.1 Å². The summed E-state index contributed by atoms with van der Waals surface area (Å²) in [5, 5.41) is 11.2. The normalized spacial score (nSPS) is 10.2. The number of nitro groups is 1. The van der Waals surface area contributed by atoms with Crippen molar-refractivity contribution >= 4 is 23.1 Å². The molecule has 0 fully saturated rings. The first-order valence-electron chi connectivity index (χ1n) is 5.34. The van der Waals surface area contributed by atoms with Crippen LogP contribution in [0.4, 0.5) is 11.5 Å². The first kappa shape index (κ1) is 13.1. The molecule has 0 saturated carbocycles. The number of nitrogen functional groups attached to an aromatic ring is 1. The van der Waals surface area contributed by atoms with Crippen LogP contribution in [0.15, 0.2) is 36.4 Å². The van der Waals surface area contributed by atoms with Gasteiger partial charge in [0.2, 0.25) is 5.88 Å².